The van der Waals surface area contributed by atoms with Crippen LogP contribution in [0.25, 0.3) is 0 Å². The molecular weight excluding hydrogens is 340 g/mol. The summed E-state index contributed by atoms with van der Waals surface area (Å²) in [4.78, 5) is 24.4. The summed E-state index contributed by atoms with van der Waals surface area (Å²) in [6, 6.07) is 7.65. The molecule has 6 nitrogen and oxygen atoms in total. The predicted octanol–water partition coefficient (Wildman–Crippen LogP) is 1.53. The molecule has 2 atom stereocenters. The molecule has 7 heteroatoms. The van der Waals surface area contributed by atoms with Crippen LogP contribution in [-0.2, 0) is 9.59 Å². The molecule has 25 heavy (non-hydrogen) atoms. The van der Waals surface area contributed by atoms with Gasteiger partial charge in [0.1, 0.15) is 0 Å². The van der Waals surface area contributed by atoms with E-state index in [4.69, 9.17) is 11.6 Å². The Bertz CT molecular complexity index is 614. The molecule has 1 aromatic carbocycles. The van der Waals surface area contributed by atoms with E-state index in [0.717, 1.165) is 31.2 Å². The van der Waals surface area contributed by atoms with Crippen LogP contribution in [0.2, 0.25) is 5.02 Å². The second-order valence-electron chi connectivity index (χ2n) is 6.83. The van der Waals surface area contributed by atoms with Gasteiger partial charge in [-0.15, -0.1) is 0 Å². The van der Waals surface area contributed by atoms with Gasteiger partial charge in [0.15, 0.2) is 0 Å². The van der Waals surface area contributed by atoms with Crippen LogP contribution >= 0.6 is 11.6 Å². The van der Waals surface area contributed by atoms with E-state index in [1.54, 1.807) is 7.05 Å². The average molecular weight is 365 g/mol. The van der Waals surface area contributed by atoms with Gasteiger partial charge in [-0.1, -0.05) is 23.7 Å². The maximum Gasteiger partial charge on any atom is 0.226 e. The lowest BCUT2D eigenvalue weighted by Gasteiger charge is -2.29. The molecule has 0 aromatic heterocycles. The van der Waals surface area contributed by atoms with E-state index in [0.29, 0.717) is 11.6 Å². The first kappa shape index (κ1) is 18.2. The van der Waals surface area contributed by atoms with Crippen LogP contribution in [0, 0.1) is 11.8 Å². The number of halogens is 1. The van der Waals surface area contributed by atoms with Gasteiger partial charge in [0, 0.05) is 30.6 Å². The smallest absolute Gasteiger partial charge is 0.226 e. The molecule has 4 N–H and O–H groups in total. The number of hydrogen-bond donors (Lipinski definition) is 4. The quantitative estimate of drug-likeness (QED) is 0.653. The molecule has 2 amide bonds. The third-order valence-corrected chi connectivity index (χ3v) is 5.49. The minimum atomic E-state index is -0.169. The Kier molecular flexibility index (Phi) is 5.93. The Balaban J connectivity index is 1.56. The minimum Gasteiger partial charge on any atom is -0.359 e. The van der Waals surface area contributed by atoms with Gasteiger partial charge in [0.25, 0.3) is 0 Å². The fourth-order valence-electron chi connectivity index (χ4n) is 3.74. The van der Waals surface area contributed by atoms with Crippen molar-refractivity contribution in [3.05, 3.63) is 34.9 Å². The van der Waals surface area contributed by atoms with Crippen LogP contribution in [0.3, 0.4) is 0 Å². The minimum absolute atomic E-state index is 0.0563. The molecule has 1 saturated heterocycles. The van der Waals surface area contributed by atoms with Crippen molar-refractivity contribution in [3.63, 3.8) is 0 Å². The number of nitrogens with one attached hydrogen (secondary N) is 4. The zero-order valence-corrected chi connectivity index (χ0v) is 15.1. The van der Waals surface area contributed by atoms with Crippen LogP contribution < -0.4 is 21.5 Å². The molecular formula is C18H25ClN4O2. The van der Waals surface area contributed by atoms with Crippen LogP contribution in [0.4, 0.5) is 0 Å². The van der Waals surface area contributed by atoms with Crippen molar-refractivity contribution < 1.29 is 9.59 Å². The van der Waals surface area contributed by atoms with Crippen molar-refractivity contribution in [2.75, 3.05) is 13.6 Å². The summed E-state index contributed by atoms with van der Waals surface area (Å²) < 4.78 is 0. The summed E-state index contributed by atoms with van der Waals surface area (Å²) in [6.45, 7) is 0.590. The second-order valence-corrected chi connectivity index (χ2v) is 7.27. The van der Waals surface area contributed by atoms with E-state index < -0.39 is 0 Å². The van der Waals surface area contributed by atoms with E-state index in [-0.39, 0.29) is 35.7 Å². The standard InChI is InChI=1S/C18H25ClN4O2/c1-20-17(24)12-4-8-14(9-5-12)22-18(25)15-10-21-23-16(15)11-2-6-13(19)7-3-11/h2-3,6-7,12,14-16,21,23H,4-5,8-10H2,1H3,(H,20,24)(H,22,25). The van der Waals surface area contributed by atoms with Gasteiger partial charge in [-0.05, 0) is 43.4 Å². The lowest BCUT2D eigenvalue weighted by Crippen LogP contribution is -2.44. The van der Waals surface area contributed by atoms with Crippen LogP contribution in [0.5, 0.6) is 0 Å². The molecule has 2 fully saturated rings. The maximum absolute atomic E-state index is 12.7. The highest BCUT2D eigenvalue weighted by atomic mass is 35.5. The van der Waals surface area contributed by atoms with Gasteiger partial charge < -0.3 is 10.6 Å². The molecule has 1 heterocycles. The largest absolute Gasteiger partial charge is 0.359 e. The number of hydrogen-bond acceptors (Lipinski definition) is 4. The van der Waals surface area contributed by atoms with Crippen LogP contribution in [0.15, 0.2) is 24.3 Å². The average Bonchev–Trinajstić information content (AvgIpc) is 3.12. The molecule has 1 saturated carbocycles. The van der Waals surface area contributed by atoms with Crippen LogP contribution in [0.1, 0.15) is 37.3 Å². The third kappa shape index (κ3) is 4.32. The molecule has 2 unspecified atom stereocenters. The van der Waals surface area contributed by atoms with E-state index in [1.165, 1.54) is 0 Å². The lowest BCUT2D eigenvalue weighted by molar-refractivity contribution is -0.126. The van der Waals surface area contributed by atoms with Crippen molar-refractivity contribution in [2.24, 2.45) is 11.8 Å². The number of amides is 2. The Labute approximate surface area is 153 Å². The zero-order chi connectivity index (χ0) is 17.8. The Morgan fingerprint density at radius 3 is 2.40 bits per heavy atom. The summed E-state index contributed by atoms with van der Waals surface area (Å²) in [5, 5.41) is 6.57. The summed E-state index contributed by atoms with van der Waals surface area (Å²) in [7, 11) is 1.67. The fourth-order valence-corrected chi connectivity index (χ4v) is 3.87. The SMILES string of the molecule is CNC(=O)C1CCC(NC(=O)C2CNNC2c2ccc(Cl)cc2)CC1. The molecule has 1 aliphatic heterocycles. The Hall–Kier alpha value is -1.63. The van der Waals surface area contributed by atoms with Gasteiger partial charge in [0.05, 0.1) is 12.0 Å². The van der Waals surface area contributed by atoms with Crippen molar-refractivity contribution >= 4 is 23.4 Å². The van der Waals surface area contributed by atoms with Gasteiger partial charge in [-0.3, -0.25) is 15.0 Å². The number of carbonyl (C=O) groups excluding carboxylic acids is 2. The first-order chi connectivity index (χ1) is 12.1. The molecule has 136 valence electrons. The highest BCUT2D eigenvalue weighted by molar-refractivity contribution is 6.30. The molecule has 0 radical (unpaired) electrons. The number of carbonyl (C=O) groups is 2. The maximum atomic E-state index is 12.7. The summed E-state index contributed by atoms with van der Waals surface area (Å²) in [6.07, 6.45) is 3.35. The fraction of sp³-hybridized carbons (Fsp3) is 0.556. The number of benzene rings is 1. The topological polar surface area (TPSA) is 82.3 Å². The van der Waals surface area contributed by atoms with E-state index in [2.05, 4.69) is 21.5 Å². The van der Waals surface area contributed by atoms with Crippen molar-refractivity contribution in [1.29, 1.82) is 0 Å². The lowest BCUT2D eigenvalue weighted by atomic mass is 9.85. The van der Waals surface area contributed by atoms with Gasteiger partial charge in [-0.25, -0.2) is 5.43 Å². The van der Waals surface area contributed by atoms with Crippen molar-refractivity contribution in [1.82, 2.24) is 21.5 Å². The molecule has 2 aliphatic rings. The summed E-state index contributed by atoms with van der Waals surface area (Å²) in [5.41, 5.74) is 7.31. The van der Waals surface area contributed by atoms with Gasteiger partial charge >= 0.3 is 0 Å². The van der Waals surface area contributed by atoms with E-state index in [1.807, 2.05) is 24.3 Å². The first-order valence-corrected chi connectivity index (χ1v) is 9.22. The highest BCUT2D eigenvalue weighted by Crippen LogP contribution is 2.28. The van der Waals surface area contributed by atoms with E-state index >= 15 is 0 Å². The number of rotatable bonds is 4. The summed E-state index contributed by atoms with van der Waals surface area (Å²) in [5.74, 6) is 0.0743. The normalized spacial score (nSPS) is 29.2. The van der Waals surface area contributed by atoms with Crippen molar-refractivity contribution in [3.8, 4) is 0 Å². The monoisotopic (exact) mass is 364 g/mol. The molecule has 1 aliphatic carbocycles. The zero-order valence-electron chi connectivity index (χ0n) is 14.3. The Morgan fingerprint density at radius 1 is 1.08 bits per heavy atom. The van der Waals surface area contributed by atoms with Crippen LogP contribution in [-0.4, -0.2) is 31.4 Å². The number of hydrazine groups is 1. The van der Waals surface area contributed by atoms with Crippen molar-refractivity contribution in [2.45, 2.75) is 37.8 Å². The predicted molar refractivity (Wildman–Crippen MR) is 96.8 cm³/mol. The molecule has 3 rings (SSSR count). The second kappa shape index (κ2) is 8.17. The highest BCUT2D eigenvalue weighted by Gasteiger charge is 2.35. The first-order valence-electron chi connectivity index (χ1n) is 8.84. The van der Waals surface area contributed by atoms with Gasteiger partial charge in [-0.2, -0.15) is 0 Å². The molecule has 1 aromatic rings. The van der Waals surface area contributed by atoms with Gasteiger partial charge in [0.2, 0.25) is 11.8 Å². The summed E-state index contributed by atoms with van der Waals surface area (Å²) >= 11 is 5.95. The molecule has 0 bridgehead atoms. The third-order valence-electron chi connectivity index (χ3n) is 5.24. The Morgan fingerprint density at radius 2 is 1.76 bits per heavy atom. The van der Waals surface area contributed by atoms with E-state index in [9.17, 15) is 9.59 Å². The molecule has 0 spiro atoms.